The summed E-state index contributed by atoms with van der Waals surface area (Å²) >= 11 is 5.84. The second-order valence-corrected chi connectivity index (χ2v) is 4.26. The zero-order valence-corrected chi connectivity index (χ0v) is 10.5. The van der Waals surface area contributed by atoms with Gasteiger partial charge in [0.1, 0.15) is 16.9 Å². The average molecular weight is 239 g/mol. The molecular formula is C11H15ClN4. The molecule has 0 N–H and O–H groups in total. The molecular weight excluding hydrogens is 224 g/mol. The van der Waals surface area contributed by atoms with E-state index in [9.17, 15) is 0 Å². The van der Waals surface area contributed by atoms with Crippen LogP contribution in [0.1, 0.15) is 5.69 Å². The van der Waals surface area contributed by atoms with Crippen molar-refractivity contribution in [2.75, 3.05) is 39.1 Å². The molecule has 0 saturated heterocycles. The summed E-state index contributed by atoms with van der Waals surface area (Å²) in [4.78, 5) is 8.05. The molecule has 0 saturated carbocycles. The lowest BCUT2D eigenvalue weighted by atomic mass is 10.3. The third-order valence-corrected chi connectivity index (χ3v) is 2.41. The predicted octanol–water partition coefficient (Wildman–Crippen LogP) is 1.60. The van der Waals surface area contributed by atoms with Gasteiger partial charge in [-0.05, 0) is 26.2 Å². The van der Waals surface area contributed by atoms with Gasteiger partial charge < -0.3 is 9.80 Å². The molecule has 86 valence electrons. The fraction of sp³-hybridized carbons (Fsp3) is 0.455. The molecule has 5 heteroatoms. The Morgan fingerprint density at radius 2 is 2.00 bits per heavy atom. The average Bonchev–Trinajstić information content (AvgIpc) is 2.24. The Balaban J connectivity index is 2.79. The minimum absolute atomic E-state index is 0.346. The topological polar surface area (TPSA) is 43.2 Å². The van der Waals surface area contributed by atoms with Gasteiger partial charge in [-0.1, -0.05) is 11.6 Å². The van der Waals surface area contributed by atoms with Gasteiger partial charge in [-0.3, -0.25) is 0 Å². The van der Waals surface area contributed by atoms with Crippen LogP contribution in [0, 0.1) is 11.3 Å². The normalized spacial score (nSPS) is 10.2. The number of hydrogen-bond donors (Lipinski definition) is 0. The fourth-order valence-corrected chi connectivity index (χ4v) is 1.44. The summed E-state index contributed by atoms with van der Waals surface area (Å²) in [5, 5.41) is 9.14. The molecule has 0 fully saturated rings. The molecule has 1 aromatic heterocycles. The zero-order chi connectivity index (χ0) is 12.1. The first kappa shape index (κ1) is 12.8. The van der Waals surface area contributed by atoms with E-state index in [-0.39, 0.29) is 0 Å². The molecule has 1 aromatic rings. The van der Waals surface area contributed by atoms with Crippen LogP contribution >= 0.6 is 11.6 Å². The van der Waals surface area contributed by atoms with E-state index >= 15 is 0 Å². The Labute approximate surface area is 101 Å². The molecule has 0 radical (unpaired) electrons. The highest BCUT2D eigenvalue weighted by Crippen LogP contribution is 2.18. The molecule has 0 aliphatic heterocycles. The lowest BCUT2D eigenvalue weighted by Crippen LogP contribution is -2.28. The highest BCUT2D eigenvalue weighted by molar-refractivity contribution is 6.29. The number of rotatable bonds is 4. The summed E-state index contributed by atoms with van der Waals surface area (Å²) in [6, 6.07) is 5.49. The second kappa shape index (κ2) is 5.69. The molecule has 4 nitrogen and oxygen atoms in total. The van der Waals surface area contributed by atoms with Crippen molar-refractivity contribution in [2.45, 2.75) is 0 Å². The van der Waals surface area contributed by atoms with Crippen molar-refractivity contribution in [3.63, 3.8) is 0 Å². The van der Waals surface area contributed by atoms with Crippen molar-refractivity contribution < 1.29 is 0 Å². The quantitative estimate of drug-likeness (QED) is 0.748. The number of hydrogen-bond acceptors (Lipinski definition) is 4. The molecule has 0 amide bonds. The number of pyridine rings is 1. The summed E-state index contributed by atoms with van der Waals surface area (Å²) in [7, 11) is 6.01. The number of aromatic nitrogens is 1. The SMILES string of the molecule is CN(C)CCN(C)c1cc(Cl)nc(C#N)c1. The van der Waals surface area contributed by atoms with Gasteiger partial charge in [-0.15, -0.1) is 0 Å². The van der Waals surface area contributed by atoms with Crippen LogP contribution in [0.15, 0.2) is 12.1 Å². The summed E-state index contributed by atoms with van der Waals surface area (Å²) in [6.45, 7) is 1.82. The van der Waals surface area contributed by atoms with E-state index in [1.54, 1.807) is 12.1 Å². The van der Waals surface area contributed by atoms with Crippen molar-refractivity contribution in [1.82, 2.24) is 9.88 Å². The first-order chi connectivity index (χ1) is 7.52. The number of nitrogens with zero attached hydrogens (tertiary/aromatic N) is 4. The van der Waals surface area contributed by atoms with Gasteiger partial charge >= 0.3 is 0 Å². The van der Waals surface area contributed by atoms with Gasteiger partial charge in [0.05, 0.1) is 0 Å². The zero-order valence-electron chi connectivity index (χ0n) is 9.74. The highest BCUT2D eigenvalue weighted by Gasteiger charge is 2.05. The summed E-state index contributed by atoms with van der Waals surface area (Å²) in [6.07, 6.45) is 0. The highest BCUT2D eigenvalue weighted by atomic mass is 35.5. The van der Waals surface area contributed by atoms with E-state index < -0.39 is 0 Å². The molecule has 1 rings (SSSR count). The van der Waals surface area contributed by atoms with Crippen molar-refractivity contribution in [3.05, 3.63) is 23.0 Å². The molecule has 0 bridgehead atoms. The van der Waals surface area contributed by atoms with Gasteiger partial charge in [0.15, 0.2) is 0 Å². The smallest absolute Gasteiger partial charge is 0.144 e. The standard InChI is InChI=1S/C11H15ClN4/c1-15(2)4-5-16(3)10-6-9(8-13)14-11(12)7-10/h6-7H,4-5H2,1-3H3. The largest absolute Gasteiger partial charge is 0.373 e. The van der Waals surface area contributed by atoms with Crippen LogP contribution in [0.3, 0.4) is 0 Å². The van der Waals surface area contributed by atoms with Crippen LogP contribution in [-0.2, 0) is 0 Å². The maximum Gasteiger partial charge on any atom is 0.144 e. The summed E-state index contributed by atoms with van der Waals surface area (Å²) < 4.78 is 0. The number of anilines is 1. The van der Waals surface area contributed by atoms with Crippen LogP contribution in [0.4, 0.5) is 5.69 Å². The predicted molar refractivity (Wildman–Crippen MR) is 65.8 cm³/mol. The molecule has 0 atom stereocenters. The third-order valence-electron chi connectivity index (χ3n) is 2.22. The molecule has 0 aliphatic carbocycles. The molecule has 0 unspecified atom stereocenters. The van der Waals surface area contributed by atoms with E-state index in [4.69, 9.17) is 16.9 Å². The molecule has 1 heterocycles. The first-order valence-corrected chi connectivity index (χ1v) is 5.34. The Morgan fingerprint density at radius 3 is 2.56 bits per heavy atom. The third kappa shape index (κ3) is 3.69. The number of nitriles is 1. The summed E-state index contributed by atoms with van der Waals surface area (Å²) in [5.74, 6) is 0. The van der Waals surface area contributed by atoms with E-state index in [1.165, 1.54) is 0 Å². The monoisotopic (exact) mass is 238 g/mol. The van der Waals surface area contributed by atoms with Crippen molar-refractivity contribution in [3.8, 4) is 6.07 Å². The molecule has 0 aromatic carbocycles. The first-order valence-electron chi connectivity index (χ1n) is 4.96. The Kier molecular flexibility index (Phi) is 4.53. The van der Waals surface area contributed by atoms with E-state index in [1.807, 2.05) is 27.2 Å². The van der Waals surface area contributed by atoms with Gasteiger partial charge in [-0.25, -0.2) is 4.98 Å². The van der Waals surface area contributed by atoms with E-state index in [0.29, 0.717) is 10.8 Å². The lowest BCUT2D eigenvalue weighted by molar-refractivity contribution is 0.416. The Morgan fingerprint density at radius 1 is 1.31 bits per heavy atom. The van der Waals surface area contributed by atoms with Crippen molar-refractivity contribution >= 4 is 17.3 Å². The maximum atomic E-state index is 8.79. The fourth-order valence-electron chi connectivity index (χ4n) is 1.24. The minimum atomic E-state index is 0.346. The van der Waals surface area contributed by atoms with Crippen LogP contribution < -0.4 is 4.90 Å². The van der Waals surface area contributed by atoms with E-state index in [0.717, 1.165) is 18.8 Å². The van der Waals surface area contributed by atoms with E-state index in [2.05, 4.69) is 14.8 Å². The van der Waals surface area contributed by atoms with Gasteiger partial charge in [-0.2, -0.15) is 5.26 Å². The van der Waals surface area contributed by atoms with Crippen LogP contribution in [0.5, 0.6) is 0 Å². The number of halogens is 1. The Hall–Kier alpha value is -1.31. The molecule has 16 heavy (non-hydrogen) atoms. The lowest BCUT2D eigenvalue weighted by Gasteiger charge is -2.21. The number of likely N-dealkylation sites (N-methyl/N-ethyl adjacent to an activating group) is 2. The van der Waals surface area contributed by atoms with Crippen molar-refractivity contribution in [2.24, 2.45) is 0 Å². The molecule has 0 spiro atoms. The molecule has 0 aliphatic rings. The maximum absolute atomic E-state index is 8.79. The second-order valence-electron chi connectivity index (χ2n) is 3.87. The van der Waals surface area contributed by atoms with Gasteiger partial charge in [0, 0.05) is 25.8 Å². The summed E-state index contributed by atoms with van der Waals surface area (Å²) in [5.41, 5.74) is 1.26. The van der Waals surface area contributed by atoms with Crippen LogP contribution in [0.25, 0.3) is 0 Å². The van der Waals surface area contributed by atoms with Gasteiger partial charge in [0.2, 0.25) is 0 Å². The van der Waals surface area contributed by atoms with Gasteiger partial charge in [0.25, 0.3) is 0 Å². The Bertz CT molecular complexity index is 397. The minimum Gasteiger partial charge on any atom is -0.373 e. The van der Waals surface area contributed by atoms with Crippen molar-refractivity contribution in [1.29, 1.82) is 5.26 Å². The van der Waals surface area contributed by atoms with Crippen LogP contribution in [0.2, 0.25) is 5.15 Å². The van der Waals surface area contributed by atoms with Crippen LogP contribution in [-0.4, -0.2) is 44.1 Å².